The number of aliphatic hydroxyl groups is 1. The van der Waals surface area contributed by atoms with Crippen molar-refractivity contribution in [2.75, 3.05) is 32.8 Å². The summed E-state index contributed by atoms with van der Waals surface area (Å²) in [5.74, 6) is 0.0123. The second-order valence-corrected chi connectivity index (χ2v) is 8.79. The van der Waals surface area contributed by atoms with Crippen LogP contribution in [0.3, 0.4) is 0 Å². The number of rotatable bonds is 5. The van der Waals surface area contributed by atoms with E-state index in [1.807, 2.05) is 59.6 Å². The fraction of sp³-hybridized carbons (Fsp3) is 0.385. The summed E-state index contributed by atoms with van der Waals surface area (Å²) in [7, 11) is 0. The molecule has 1 aromatic heterocycles. The topological polar surface area (TPSA) is 70.8 Å². The number of nitrogens with zero attached hydrogens (tertiary/aromatic N) is 4. The summed E-state index contributed by atoms with van der Waals surface area (Å²) >= 11 is 0. The maximum Gasteiger partial charge on any atom is 0.254 e. The molecule has 2 aliphatic rings. The van der Waals surface area contributed by atoms with Gasteiger partial charge in [-0.05, 0) is 48.7 Å². The van der Waals surface area contributed by atoms with E-state index in [0.29, 0.717) is 18.7 Å². The molecule has 7 nitrogen and oxygen atoms in total. The van der Waals surface area contributed by atoms with E-state index >= 15 is 0 Å². The number of carbonyl (C=O) groups excluding carboxylic acids is 1. The first-order chi connectivity index (χ1) is 16.2. The monoisotopic (exact) mass is 446 g/mol. The van der Waals surface area contributed by atoms with E-state index in [0.717, 1.165) is 43.7 Å². The average Bonchev–Trinajstić information content (AvgIpc) is 3.41. The van der Waals surface area contributed by atoms with Gasteiger partial charge in [-0.25, -0.2) is 4.68 Å². The van der Waals surface area contributed by atoms with Gasteiger partial charge in [-0.1, -0.05) is 30.3 Å². The van der Waals surface area contributed by atoms with Crippen molar-refractivity contribution in [3.8, 4) is 5.69 Å². The number of hydrogen-bond donors (Lipinski definition) is 1. The van der Waals surface area contributed by atoms with Gasteiger partial charge < -0.3 is 19.6 Å². The van der Waals surface area contributed by atoms with E-state index < -0.39 is 0 Å². The van der Waals surface area contributed by atoms with E-state index in [9.17, 15) is 9.90 Å². The number of amides is 1. The van der Waals surface area contributed by atoms with E-state index in [4.69, 9.17) is 4.74 Å². The number of hydrogen-bond acceptors (Lipinski definition) is 5. The molecule has 2 fully saturated rings. The molecule has 2 aliphatic heterocycles. The molecule has 2 aromatic carbocycles. The van der Waals surface area contributed by atoms with Crippen LogP contribution in [0.15, 0.2) is 73.1 Å². The molecule has 0 aliphatic carbocycles. The molecule has 0 saturated carbocycles. The third-order valence-corrected chi connectivity index (χ3v) is 6.63. The van der Waals surface area contributed by atoms with Crippen molar-refractivity contribution >= 4 is 5.91 Å². The molecule has 0 bridgehead atoms. The second-order valence-electron chi connectivity index (χ2n) is 8.79. The lowest BCUT2D eigenvalue weighted by molar-refractivity contribution is -0.0770. The summed E-state index contributed by atoms with van der Waals surface area (Å²) in [6.07, 6.45) is 4.86. The summed E-state index contributed by atoms with van der Waals surface area (Å²) in [5.41, 5.74) is 2.66. The van der Waals surface area contributed by atoms with Crippen LogP contribution in [-0.4, -0.2) is 75.6 Å². The Morgan fingerprint density at radius 3 is 2.45 bits per heavy atom. The van der Waals surface area contributed by atoms with Crippen LogP contribution in [0.5, 0.6) is 0 Å². The normalized spacial score (nSPS) is 22.4. The molecule has 2 atom stereocenters. The van der Waals surface area contributed by atoms with Crippen LogP contribution < -0.4 is 0 Å². The fourth-order valence-electron chi connectivity index (χ4n) is 4.86. The second kappa shape index (κ2) is 9.87. The van der Waals surface area contributed by atoms with Crippen molar-refractivity contribution < 1.29 is 14.6 Å². The largest absolute Gasteiger partial charge is 0.393 e. The van der Waals surface area contributed by atoms with Crippen LogP contribution in [-0.2, 0) is 4.74 Å². The number of aromatic nitrogens is 2. The Hall–Kier alpha value is -3.00. The Labute approximate surface area is 194 Å². The lowest BCUT2D eigenvalue weighted by Crippen LogP contribution is -2.52. The first-order valence-electron chi connectivity index (χ1n) is 11.7. The Morgan fingerprint density at radius 1 is 1.00 bits per heavy atom. The maximum atomic E-state index is 13.7. The Bertz CT molecular complexity index is 1030. The molecule has 0 radical (unpaired) electrons. The molecular formula is C26H30N4O3. The Morgan fingerprint density at radius 2 is 1.76 bits per heavy atom. The number of piperidine rings is 1. The highest BCUT2D eigenvalue weighted by atomic mass is 16.5. The SMILES string of the molecule is O=C(c1ccc(-n2cccn2)cc1)N1CCO[C@@H](CN2CCC(O)CC2)[C@@H]1c1ccccc1. The zero-order valence-electron chi connectivity index (χ0n) is 18.7. The van der Waals surface area contributed by atoms with Crippen molar-refractivity contribution in [3.63, 3.8) is 0 Å². The van der Waals surface area contributed by atoms with Gasteiger partial charge in [0.15, 0.2) is 0 Å². The maximum absolute atomic E-state index is 13.7. The third-order valence-electron chi connectivity index (χ3n) is 6.63. The van der Waals surface area contributed by atoms with Crippen LogP contribution in [0.2, 0.25) is 0 Å². The van der Waals surface area contributed by atoms with Gasteiger partial charge in [0.1, 0.15) is 0 Å². The van der Waals surface area contributed by atoms with E-state index in [1.54, 1.807) is 10.9 Å². The molecule has 3 heterocycles. The van der Waals surface area contributed by atoms with Crippen molar-refractivity contribution in [2.45, 2.75) is 31.1 Å². The lowest BCUT2D eigenvalue weighted by Gasteiger charge is -2.44. The van der Waals surface area contributed by atoms with Gasteiger partial charge >= 0.3 is 0 Å². The first kappa shape index (κ1) is 21.8. The van der Waals surface area contributed by atoms with Crippen LogP contribution in [0.1, 0.15) is 34.8 Å². The molecule has 1 amide bonds. The molecule has 7 heteroatoms. The van der Waals surface area contributed by atoms with Crippen LogP contribution >= 0.6 is 0 Å². The average molecular weight is 447 g/mol. The summed E-state index contributed by atoms with van der Waals surface area (Å²) in [5, 5.41) is 14.1. The number of morpholine rings is 1. The summed E-state index contributed by atoms with van der Waals surface area (Å²) in [4.78, 5) is 18.0. The van der Waals surface area contributed by atoms with Gasteiger partial charge in [0.25, 0.3) is 5.91 Å². The fourth-order valence-corrected chi connectivity index (χ4v) is 4.86. The van der Waals surface area contributed by atoms with Gasteiger partial charge in [-0.15, -0.1) is 0 Å². The van der Waals surface area contributed by atoms with Gasteiger partial charge in [0.2, 0.25) is 0 Å². The number of likely N-dealkylation sites (tertiary alicyclic amines) is 1. The van der Waals surface area contributed by atoms with Crippen molar-refractivity contribution in [1.29, 1.82) is 0 Å². The highest BCUT2D eigenvalue weighted by Gasteiger charge is 2.38. The summed E-state index contributed by atoms with van der Waals surface area (Å²) < 4.78 is 8.03. The molecule has 2 saturated heterocycles. The van der Waals surface area contributed by atoms with E-state index in [-0.39, 0.29) is 24.2 Å². The zero-order valence-corrected chi connectivity index (χ0v) is 18.7. The summed E-state index contributed by atoms with van der Waals surface area (Å²) in [6.45, 7) is 3.52. The third kappa shape index (κ3) is 4.85. The predicted octanol–water partition coefficient (Wildman–Crippen LogP) is 2.91. The predicted molar refractivity (Wildman–Crippen MR) is 125 cm³/mol. The number of aliphatic hydroxyl groups excluding tert-OH is 1. The highest BCUT2D eigenvalue weighted by Crippen LogP contribution is 2.32. The highest BCUT2D eigenvalue weighted by molar-refractivity contribution is 5.94. The molecule has 5 rings (SSSR count). The molecule has 1 N–H and O–H groups in total. The Balaban J connectivity index is 1.39. The smallest absolute Gasteiger partial charge is 0.254 e. The zero-order chi connectivity index (χ0) is 22.6. The minimum atomic E-state index is -0.207. The number of benzene rings is 2. The van der Waals surface area contributed by atoms with Crippen LogP contribution in [0, 0.1) is 0 Å². The van der Waals surface area contributed by atoms with E-state index in [2.05, 4.69) is 22.1 Å². The number of carbonyl (C=O) groups is 1. The first-order valence-corrected chi connectivity index (χ1v) is 11.7. The van der Waals surface area contributed by atoms with Crippen molar-refractivity contribution in [1.82, 2.24) is 19.6 Å². The molecule has 0 spiro atoms. The standard InChI is InChI=1S/C26H30N4O3/c31-23-11-15-28(16-12-23)19-24-25(20-5-2-1-3-6-20)29(17-18-33-24)26(32)21-7-9-22(10-8-21)30-14-4-13-27-30/h1-10,13-14,23-25,31H,11-12,15-19H2/t24-,25-/m0/s1. The molecule has 33 heavy (non-hydrogen) atoms. The van der Waals surface area contributed by atoms with E-state index in [1.165, 1.54) is 0 Å². The van der Waals surface area contributed by atoms with Gasteiger partial charge in [0, 0.05) is 44.1 Å². The molecule has 172 valence electrons. The molecule has 0 unspecified atom stereocenters. The molecular weight excluding hydrogens is 416 g/mol. The van der Waals surface area contributed by atoms with Gasteiger partial charge in [-0.2, -0.15) is 5.10 Å². The minimum absolute atomic E-state index is 0.0123. The Kier molecular flexibility index (Phi) is 6.53. The summed E-state index contributed by atoms with van der Waals surface area (Å²) in [6, 6.07) is 19.5. The van der Waals surface area contributed by atoms with Crippen molar-refractivity contribution in [2.24, 2.45) is 0 Å². The quantitative estimate of drug-likeness (QED) is 0.653. The van der Waals surface area contributed by atoms with Crippen LogP contribution in [0.25, 0.3) is 5.69 Å². The van der Waals surface area contributed by atoms with Gasteiger partial charge in [-0.3, -0.25) is 4.79 Å². The van der Waals surface area contributed by atoms with Crippen LogP contribution in [0.4, 0.5) is 0 Å². The minimum Gasteiger partial charge on any atom is -0.393 e. The number of ether oxygens (including phenoxy) is 1. The lowest BCUT2D eigenvalue weighted by atomic mass is 9.95. The van der Waals surface area contributed by atoms with Gasteiger partial charge in [0.05, 0.1) is 30.5 Å². The molecule has 3 aromatic rings. The van der Waals surface area contributed by atoms with Crippen molar-refractivity contribution in [3.05, 3.63) is 84.2 Å².